The fourth-order valence-corrected chi connectivity index (χ4v) is 3.72. The Labute approximate surface area is 119 Å². The van der Waals surface area contributed by atoms with E-state index in [1.807, 2.05) is 0 Å². The Balaban J connectivity index is 1.62. The van der Waals surface area contributed by atoms with E-state index in [0.717, 1.165) is 31.6 Å². The van der Waals surface area contributed by atoms with Crippen molar-refractivity contribution in [2.75, 3.05) is 39.8 Å². The maximum atomic E-state index is 3.72. The molecule has 1 saturated heterocycles. The Bertz CT molecular complexity index is 259. The van der Waals surface area contributed by atoms with Gasteiger partial charge < -0.3 is 15.5 Å². The first-order valence-electron chi connectivity index (χ1n) is 8.21. The Kier molecular flexibility index (Phi) is 5.67. The topological polar surface area (TPSA) is 27.3 Å². The van der Waals surface area contributed by atoms with Crippen molar-refractivity contribution in [1.29, 1.82) is 0 Å². The highest BCUT2D eigenvalue weighted by Crippen LogP contribution is 2.38. The van der Waals surface area contributed by atoms with Crippen molar-refractivity contribution in [3.05, 3.63) is 0 Å². The minimum atomic E-state index is 0.479. The van der Waals surface area contributed by atoms with Crippen molar-refractivity contribution in [2.24, 2.45) is 11.3 Å². The lowest BCUT2D eigenvalue weighted by atomic mass is 9.77. The third-order valence-electron chi connectivity index (χ3n) is 5.34. The van der Waals surface area contributed by atoms with Crippen molar-refractivity contribution >= 4 is 0 Å². The average Bonchev–Trinajstić information content (AvgIpc) is 2.91. The molecule has 2 aliphatic rings. The molecule has 0 radical (unpaired) electrons. The summed E-state index contributed by atoms with van der Waals surface area (Å²) in [4.78, 5) is 2.50. The molecular weight excluding hydrogens is 234 g/mol. The molecule has 19 heavy (non-hydrogen) atoms. The van der Waals surface area contributed by atoms with Gasteiger partial charge in [-0.2, -0.15) is 0 Å². The van der Waals surface area contributed by atoms with Crippen molar-refractivity contribution < 1.29 is 0 Å². The van der Waals surface area contributed by atoms with Crippen LogP contribution in [0.4, 0.5) is 0 Å². The molecule has 1 aliphatic carbocycles. The van der Waals surface area contributed by atoms with Crippen molar-refractivity contribution in [2.45, 2.75) is 52.0 Å². The normalized spacial score (nSPS) is 27.0. The van der Waals surface area contributed by atoms with E-state index in [9.17, 15) is 0 Å². The molecule has 1 unspecified atom stereocenters. The molecule has 2 fully saturated rings. The third kappa shape index (κ3) is 4.44. The first-order valence-corrected chi connectivity index (χ1v) is 8.21. The van der Waals surface area contributed by atoms with Crippen LogP contribution in [-0.4, -0.2) is 50.7 Å². The smallest absolute Gasteiger partial charge is 0.0230 e. The molecule has 2 N–H and O–H groups in total. The summed E-state index contributed by atoms with van der Waals surface area (Å²) in [6.07, 6.45) is 7.07. The maximum absolute atomic E-state index is 3.72. The first kappa shape index (κ1) is 15.3. The quantitative estimate of drug-likeness (QED) is 0.722. The highest BCUT2D eigenvalue weighted by atomic mass is 15.2. The standard InChI is InChI=1S/C16H33N3/c1-16(2,14-6-4-5-7-14)13-18-9-8-15-12-17-10-11-19(15)3/h14-15,17-18H,4-13H2,1-3H3. The highest BCUT2D eigenvalue weighted by Gasteiger charge is 2.31. The van der Waals surface area contributed by atoms with E-state index in [2.05, 4.69) is 36.4 Å². The Hall–Kier alpha value is -0.120. The van der Waals surface area contributed by atoms with Crippen LogP contribution in [0.1, 0.15) is 46.0 Å². The number of hydrogen-bond acceptors (Lipinski definition) is 3. The van der Waals surface area contributed by atoms with E-state index in [0.29, 0.717) is 5.41 Å². The van der Waals surface area contributed by atoms with E-state index < -0.39 is 0 Å². The van der Waals surface area contributed by atoms with Crippen LogP contribution in [0.15, 0.2) is 0 Å². The van der Waals surface area contributed by atoms with Gasteiger partial charge in [0.1, 0.15) is 0 Å². The minimum absolute atomic E-state index is 0.479. The molecule has 0 bridgehead atoms. The molecule has 112 valence electrons. The van der Waals surface area contributed by atoms with E-state index in [-0.39, 0.29) is 0 Å². The summed E-state index contributed by atoms with van der Waals surface area (Å²) < 4.78 is 0. The minimum Gasteiger partial charge on any atom is -0.316 e. The third-order valence-corrected chi connectivity index (χ3v) is 5.34. The maximum Gasteiger partial charge on any atom is 0.0230 e. The summed E-state index contributed by atoms with van der Waals surface area (Å²) in [6, 6.07) is 0.718. The molecule has 3 nitrogen and oxygen atoms in total. The van der Waals surface area contributed by atoms with Crippen LogP contribution in [-0.2, 0) is 0 Å². The zero-order valence-corrected chi connectivity index (χ0v) is 13.2. The zero-order chi connectivity index (χ0) is 13.7. The molecule has 0 aromatic heterocycles. The second-order valence-electron chi connectivity index (χ2n) is 7.27. The van der Waals surface area contributed by atoms with Crippen molar-refractivity contribution in [3.63, 3.8) is 0 Å². The fourth-order valence-electron chi connectivity index (χ4n) is 3.72. The predicted molar refractivity (Wildman–Crippen MR) is 82.5 cm³/mol. The van der Waals surface area contributed by atoms with Crippen LogP contribution < -0.4 is 10.6 Å². The molecule has 1 aliphatic heterocycles. The molecule has 0 aromatic carbocycles. The fraction of sp³-hybridized carbons (Fsp3) is 1.00. The number of likely N-dealkylation sites (N-methyl/N-ethyl adjacent to an activating group) is 1. The molecule has 0 amide bonds. The lowest BCUT2D eigenvalue weighted by Gasteiger charge is -2.34. The highest BCUT2D eigenvalue weighted by molar-refractivity contribution is 4.84. The molecule has 1 atom stereocenters. The van der Waals surface area contributed by atoms with Gasteiger partial charge in [-0.1, -0.05) is 26.7 Å². The number of piperazine rings is 1. The van der Waals surface area contributed by atoms with Crippen LogP contribution in [0.25, 0.3) is 0 Å². The van der Waals surface area contributed by atoms with Crippen LogP contribution in [0.2, 0.25) is 0 Å². The van der Waals surface area contributed by atoms with Crippen LogP contribution >= 0.6 is 0 Å². The van der Waals surface area contributed by atoms with Gasteiger partial charge in [0.25, 0.3) is 0 Å². The van der Waals surface area contributed by atoms with Gasteiger partial charge >= 0.3 is 0 Å². The lowest BCUT2D eigenvalue weighted by molar-refractivity contribution is 0.179. The summed E-state index contributed by atoms with van der Waals surface area (Å²) in [5.41, 5.74) is 0.479. The van der Waals surface area contributed by atoms with Crippen LogP contribution in [0.3, 0.4) is 0 Å². The molecule has 1 heterocycles. The van der Waals surface area contributed by atoms with Crippen LogP contribution in [0.5, 0.6) is 0 Å². The summed E-state index contributed by atoms with van der Waals surface area (Å²) >= 11 is 0. The van der Waals surface area contributed by atoms with Gasteiger partial charge in [0, 0.05) is 32.2 Å². The summed E-state index contributed by atoms with van der Waals surface area (Å²) in [7, 11) is 2.26. The first-order chi connectivity index (χ1) is 9.09. The van der Waals surface area contributed by atoms with Gasteiger partial charge in [0.15, 0.2) is 0 Å². The Morgan fingerprint density at radius 1 is 1.26 bits per heavy atom. The Morgan fingerprint density at radius 2 is 2.00 bits per heavy atom. The van der Waals surface area contributed by atoms with Gasteiger partial charge in [-0.15, -0.1) is 0 Å². The summed E-state index contributed by atoms with van der Waals surface area (Å²) in [6.45, 7) is 10.7. The van der Waals surface area contributed by atoms with E-state index >= 15 is 0 Å². The molecule has 1 saturated carbocycles. The molecule has 0 spiro atoms. The van der Waals surface area contributed by atoms with Crippen molar-refractivity contribution in [3.8, 4) is 0 Å². The largest absolute Gasteiger partial charge is 0.316 e. The van der Waals surface area contributed by atoms with E-state index in [4.69, 9.17) is 0 Å². The lowest BCUT2D eigenvalue weighted by Crippen LogP contribution is -2.50. The molecule has 0 aromatic rings. The molecule has 3 heteroatoms. The van der Waals surface area contributed by atoms with Gasteiger partial charge in [-0.25, -0.2) is 0 Å². The van der Waals surface area contributed by atoms with Crippen LogP contribution in [0, 0.1) is 11.3 Å². The predicted octanol–water partition coefficient (Wildman–Crippen LogP) is 2.09. The summed E-state index contributed by atoms with van der Waals surface area (Å²) in [5.74, 6) is 0.944. The van der Waals surface area contributed by atoms with E-state index in [1.165, 1.54) is 45.2 Å². The second kappa shape index (κ2) is 7.05. The second-order valence-corrected chi connectivity index (χ2v) is 7.27. The van der Waals surface area contributed by atoms with Gasteiger partial charge in [0.05, 0.1) is 0 Å². The van der Waals surface area contributed by atoms with E-state index in [1.54, 1.807) is 0 Å². The molecule has 2 rings (SSSR count). The number of hydrogen-bond donors (Lipinski definition) is 2. The number of nitrogens with one attached hydrogen (secondary N) is 2. The number of rotatable bonds is 6. The zero-order valence-electron chi connectivity index (χ0n) is 13.2. The monoisotopic (exact) mass is 267 g/mol. The van der Waals surface area contributed by atoms with Crippen molar-refractivity contribution in [1.82, 2.24) is 15.5 Å². The van der Waals surface area contributed by atoms with Gasteiger partial charge in [0.2, 0.25) is 0 Å². The SMILES string of the molecule is CN1CCNCC1CCNCC(C)(C)C1CCCC1. The average molecular weight is 267 g/mol. The number of nitrogens with zero attached hydrogens (tertiary/aromatic N) is 1. The van der Waals surface area contributed by atoms with Gasteiger partial charge in [-0.3, -0.25) is 0 Å². The Morgan fingerprint density at radius 3 is 2.68 bits per heavy atom. The van der Waals surface area contributed by atoms with Gasteiger partial charge in [-0.05, 0) is 44.2 Å². The molecular formula is C16H33N3. The summed E-state index contributed by atoms with van der Waals surface area (Å²) in [5, 5.41) is 7.21.